The molecule has 21 nitrogen and oxygen atoms in total. The third kappa shape index (κ3) is 13.5. The highest BCUT2D eigenvalue weighted by Gasteiger charge is 2.63. The van der Waals surface area contributed by atoms with E-state index in [2.05, 4.69) is 77.2 Å². The van der Waals surface area contributed by atoms with Crippen molar-refractivity contribution in [2.45, 2.75) is 285 Å². The number of nitrogens with one attached hydrogen (secondary N) is 1. The molecule has 0 aromatic heterocycles. The van der Waals surface area contributed by atoms with Gasteiger partial charge in [0, 0.05) is 60.7 Å². The minimum absolute atomic E-state index is 0.00919. The number of hydrogen-bond donors (Lipinski definition) is 1. The number of Topliss-reactive ketones (excluding diaryl/α,β-unsaturated/α-hetero) is 1. The number of allylic oxidation sites excluding steroid dienone is 3. The number of ether oxygens (including phenoxy) is 13. The van der Waals surface area contributed by atoms with E-state index in [1.54, 1.807) is 6.92 Å². The third-order valence-corrected chi connectivity index (χ3v) is 23.3. The normalized spacial score (nSPS) is 47.8. The van der Waals surface area contributed by atoms with Gasteiger partial charge >= 0.3 is 18.0 Å². The van der Waals surface area contributed by atoms with Crippen molar-refractivity contribution in [3.8, 4) is 0 Å². The SMILES string of the molecule is COC(=O)NC1C(C)OC(OC2C/C=C(\C)C3C=CC4C(OC5CC(OC6CCC(OC7CC(C)C(OC8CCC(C)C(C)O8)C(C)O7)C(C)O6)C(C(=O)OC)C(C)O5)C(C)CC(C)C4C3(C)C(=O)C3=C(C)C4(CC(C)=CC(C)C4/C=C/2C)OC3=O)CC1(C)[N+](=O)[O-]. The lowest BCUT2D eigenvalue weighted by atomic mass is 9.48. The van der Waals surface area contributed by atoms with Crippen molar-refractivity contribution < 1.29 is 85.7 Å². The summed E-state index contributed by atoms with van der Waals surface area (Å²) in [6.07, 6.45) is 7.65. The molecule has 6 aliphatic heterocycles. The molecule has 10 rings (SSSR count). The number of amides is 1. The Morgan fingerprint density at radius 1 is 0.641 bits per heavy atom. The first-order valence-electron chi connectivity index (χ1n) is 34.2. The number of rotatable bonds is 13. The fourth-order valence-electron chi connectivity index (χ4n) is 18.2. The Kier molecular flexibility index (Phi) is 21.4. The monoisotopic (exact) mass is 1290 g/mol. The Morgan fingerprint density at radius 3 is 1.95 bits per heavy atom. The van der Waals surface area contributed by atoms with Gasteiger partial charge in [0.1, 0.15) is 23.1 Å². The molecule has 0 aromatic carbocycles. The van der Waals surface area contributed by atoms with Crippen LogP contribution in [-0.2, 0) is 76.0 Å². The predicted molar refractivity (Wildman–Crippen MR) is 337 cm³/mol. The molecule has 29 unspecified atom stereocenters. The highest BCUT2D eigenvalue weighted by atomic mass is 16.7. The van der Waals surface area contributed by atoms with Crippen LogP contribution in [-0.4, -0.2) is 153 Å². The summed E-state index contributed by atoms with van der Waals surface area (Å²) in [5.41, 5.74) is -0.701. The number of nitro groups is 1. The van der Waals surface area contributed by atoms with Gasteiger partial charge in [-0.15, -0.1) is 0 Å². The molecule has 29 atom stereocenters. The minimum Gasteiger partial charge on any atom is -0.469 e. The predicted octanol–water partition coefficient (Wildman–Crippen LogP) is 11.4. The largest absolute Gasteiger partial charge is 0.469 e. The average Bonchev–Trinajstić information content (AvgIpc) is 1.31. The number of hydrogen-bond acceptors (Lipinski definition) is 19. The van der Waals surface area contributed by atoms with Crippen LogP contribution in [0.25, 0.3) is 0 Å². The van der Waals surface area contributed by atoms with E-state index < -0.39 is 119 Å². The maximum absolute atomic E-state index is 16.4. The maximum Gasteiger partial charge on any atom is 0.407 e. The Labute approximate surface area is 544 Å². The number of methoxy groups -OCH3 is 2. The van der Waals surface area contributed by atoms with Gasteiger partial charge in [0.15, 0.2) is 37.2 Å². The fourth-order valence-corrected chi connectivity index (χ4v) is 18.2. The zero-order valence-corrected chi connectivity index (χ0v) is 57.7. The molecule has 4 aliphatic carbocycles. The molecule has 5 saturated heterocycles. The molecule has 0 aromatic rings. The van der Waals surface area contributed by atoms with Crippen LogP contribution in [0.15, 0.2) is 58.2 Å². The molecule has 10 aliphatic rings. The summed E-state index contributed by atoms with van der Waals surface area (Å²) in [5, 5.41) is 15.6. The second-order valence-electron chi connectivity index (χ2n) is 29.8. The Balaban J connectivity index is 0.897. The van der Waals surface area contributed by atoms with E-state index in [0.29, 0.717) is 50.0 Å². The minimum atomic E-state index is -1.69. The van der Waals surface area contributed by atoms with Gasteiger partial charge in [-0.1, -0.05) is 83.1 Å². The number of esters is 2. The number of carbonyl (C=O) groups excluding carboxylic acids is 4. The molecule has 1 spiro atoms. The van der Waals surface area contributed by atoms with Crippen molar-refractivity contribution in [2.24, 2.45) is 64.6 Å². The van der Waals surface area contributed by atoms with Crippen molar-refractivity contribution in [3.63, 3.8) is 0 Å². The molecular formula is C71H106N2O19. The van der Waals surface area contributed by atoms with E-state index in [0.717, 1.165) is 29.6 Å². The number of alkyl carbamates (subject to hydrolysis) is 1. The Morgan fingerprint density at radius 2 is 1.27 bits per heavy atom. The summed E-state index contributed by atoms with van der Waals surface area (Å²) in [4.78, 5) is 70.2. The van der Waals surface area contributed by atoms with Crippen molar-refractivity contribution >= 4 is 23.8 Å². The van der Waals surface area contributed by atoms with Gasteiger partial charge in [0.05, 0.1) is 81.7 Å². The van der Waals surface area contributed by atoms with E-state index in [1.165, 1.54) is 21.1 Å². The maximum atomic E-state index is 16.4. The van der Waals surface area contributed by atoms with Crippen LogP contribution >= 0.6 is 0 Å². The molecule has 1 saturated carbocycles. The highest BCUT2D eigenvalue weighted by Crippen LogP contribution is 2.60. The van der Waals surface area contributed by atoms with Crippen LogP contribution in [0.2, 0.25) is 0 Å². The van der Waals surface area contributed by atoms with Gasteiger partial charge in [-0.05, 0) is 141 Å². The number of ketones is 1. The number of nitrogens with zero attached hydrogens (tertiary/aromatic N) is 1. The van der Waals surface area contributed by atoms with Crippen molar-refractivity contribution in [2.75, 3.05) is 14.2 Å². The lowest BCUT2D eigenvalue weighted by molar-refractivity contribution is -0.584. The molecule has 2 bridgehead atoms. The molecule has 0 radical (unpaired) electrons. The first kappa shape index (κ1) is 70.4. The van der Waals surface area contributed by atoms with Crippen LogP contribution in [0, 0.1) is 74.7 Å². The second-order valence-corrected chi connectivity index (χ2v) is 29.8. The average molecular weight is 1290 g/mol. The molecule has 1 amide bonds. The van der Waals surface area contributed by atoms with Crippen LogP contribution in [0.1, 0.15) is 175 Å². The quantitative estimate of drug-likeness (QED) is 0.0450. The molecule has 6 fully saturated rings. The summed E-state index contributed by atoms with van der Waals surface area (Å²) in [6, 6.07) is -1.03. The van der Waals surface area contributed by atoms with Gasteiger partial charge in [-0.3, -0.25) is 19.7 Å². The molecule has 514 valence electrons. The molecule has 6 heterocycles. The topological polar surface area (TPSA) is 243 Å². The fraction of sp³-hybridized carbons (Fsp3) is 0.803. The van der Waals surface area contributed by atoms with E-state index in [4.69, 9.17) is 61.6 Å². The molecule has 21 heteroatoms. The van der Waals surface area contributed by atoms with Gasteiger partial charge in [-0.25, -0.2) is 9.59 Å². The van der Waals surface area contributed by atoms with Crippen LogP contribution in [0.4, 0.5) is 4.79 Å². The van der Waals surface area contributed by atoms with Crippen molar-refractivity contribution in [3.05, 3.63) is 68.4 Å². The van der Waals surface area contributed by atoms with Crippen molar-refractivity contribution in [1.82, 2.24) is 5.32 Å². The van der Waals surface area contributed by atoms with Crippen LogP contribution in [0.5, 0.6) is 0 Å². The lowest BCUT2D eigenvalue weighted by Gasteiger charge is -2.56. The summed E-state index contributed by atoms with van der Waals surface area (Å²) in [7, 11) is 2.57. The first-order valence-corrected chi connectivity index (χ1v) is 34.2. The standard InChI is InChI=1S/C71H106N2O19/c1-34-27-37(4)50-29-38(5)51(87-58-33-69(15,73(78)79)64(47(14)86-58)72-68(77)81-18)23-19-36(3)49-22-21-48-61(70(49,16)65(74)59-42(9)71(50,32-34)92-67(59)76)39(6)28-40(7)63(48)91-57-31-53(60(45(12)84-57)66(75)80-17)89-54-26-24-52(44(11)83-54)88-56-30-41(8)62(46(13)85-56)90-55-25-20-35(2)43(10)82-55/h19,21-22,27,29,35,37,39-41,43-58,60-64H,20,23-26,28,30-33H2,1-18H3,(H,72,77)/b36-19+,38-29+. The lowest BCUT2D eigenvalue weighted by Crippen LogP contribution is -2.65. The number of fused-ring (bicyclic) bond motifs is 3. The van der Waals surface area contributed by atoms with Gasteiger partial charge < -0.3 is 66.9 Å². The zero-order valence-electron chi connectivity index (χ0n) is 57.7. The molecular weight excluding hydrogens is 1180 g/mol. The first-order chi connectivity index (χ1) is 43.4. The Bertz CT molecular complexity index is 2900. The summed E-state index contributed by atoms with van der Waals surface area (Å²) in [6.45, 7) is 31.9. The second kappa shape index (κ2) is 28.0. The van der Waals surface area contributed by atoms with E-state index >= 15 is 4.79 Å². The van der Waals surface area contributed by atoms with E-state index in [-0.39, 0.29) is 96.5 Å². The van der Waals surface area contributed by atoms with Crippen LogP contribution < -0.4 is 5.32 Å². The van der Waals surface area contributed by atoms with Gasteiger partial charge in [-0.2, -0.15) is 0 Å². The molecule has 92 heavy (non-hydrogen) atoms. The summed E-state index contributed by atoms with van der Waals surface area (Å²) in [5.74, 6) is -3.25. The zero-order chi connectivity index (χ0) is 66.8. The smallest absolute Gasteiger partial charge is 0.407 e. The van der Waals surface area contributed by atoms with E-state index in [1.807, 2.05) is 55.4 Å². The molecule has 1 N–H and O–H groups in total. The van der Waals surface area contributed by atoms with Crippen molar-refractivity contribution in [1.29, 1.82) is 0 Å². The van der Waals surface area contributed by atoms with Gasteiger partial charge in [0.2, 0.25) is 5.54 Å². The summed E-state index contributed by atoms with van der Waals surface area (Å²) < 4.78 is 83.6. The summed E-state index contributed by atoms with van der Waals surface area (Å²) >= 11 is 0. The Hall–Kier alpha value is -4.42. The highest BCUT2D eigenvalue weighted by molar-refractivity contribution is 6.22. The van der Waals surface area contributed by atoms with Crippen LogP contribution in [0.3, 0.4) is 0 Å². The van der Waals surface area contributed by atoms with Gasteiger partial charge in [0.25, 0.3) is 0 Å². The third-order valence-electron chi connectivity index (χ3n) is 23.3. The van der Waals surface area contributed by atoms with E-state index in [9.17, 15) is 24.5 Å². The number of carbonyl (C=O) groups is 4.